The molecule has 12 nitrogen and oxygen atoms in total. The zero-order valence-electron chi connectivity index (χ0n) is 23.9. The van der Waals surface area contributed by atoms with E-state index in [1.807, 2.05) is 40.7 Å². The lowest BCUT2D eigenvalue weighted by Crippen LogP contribution is -2.36. The molecule has 15 heteroatoms. The van der Waals surface area contributed by atoms with Crippen LogP contribution in [0.4, 0.5) is 15.6 Å². The summed E-state index contributed by atoms with van der Waals surface area (Å²) in [5, 5.41) is 31.7. The highest BCUT2D eigenvalue weighted by atomic mass is 32.2. The molecule has 2 aliphatic rings. The van der Waals surface area contributed by atoms with Crippen LogP contribution in [0.1, 0.15) is 55.8 Å². The van der Waals surface area contributed by atoms with Crippen molar-refractivity contribution in [2.45, 2.75) is 68.9 Å². The van der Waals surface area contributed by atoms with E-state index >= 15 is 0 Å². The predicted molar refractivity (Wildman–Crippen MR) is 173 cm³/mol. The molecule has 43 heavy (non-hydrogen) atoms. The first-order valence-electron chi connectivity index (χ1n) is 14.7. The normalized spacial score (nSPS) is 20.1. The van der Waals surface area contributed by atoms with Crippen LogP contribution in [0.3, 0.4) is 0 Å². The molecule has 0 saturated carbocycles. The molecule has 5 N–H and O–H groups in total. The number of thiazole rings is 1. The lowest BCUT2D eigenvalue weighted by atomic mass is 10.0. The number of carbonyl (C=O) groups is 2. The van der Waals surface area contributed by atoms with Gasteiger partial charge in [-0.05, 0) is 59.3 Å². The van der Waals surface area contributed by atoms with Gasteiger partial charge >= 0.3 is 6.03 Å². The van der Waals surface area contributed by atoms with Crippen LogP contribution in [0.15, 0.2) is 35.7 Å². The van der Waals surface area contributed by atoms with Gasteiger partial charge in [0.1, 0.15) is 0 Å². The SMILES string of the molecule is CCC(NCCNc1nc2ccc(NC(=O)CCCC[C@@H]3SC[C@@H]4NC(=O)N[C@@H]43)cc2s1)c1nnnn1Cc1cccs1. The maximum atomic E-state index is 12.6. The van der Waals surface area contributed by atoms with Gasteiger partial charge < -0.3 is 26.6 Å². The highest BCUT2D eigenvalue weighted by Gasteiger charge is 2.42. The number of rotatable bonds is 15. The number of anilines is 2. The van der Waals surface area contributed by atoms with Crippen LogP contribution >= 0.6 is 34.4 Å². The number of aromatic nitrogens is 5. The number of thiophene rings is 1. The minimum atomic E-state index is -0.0563. The van der Waals surface area contributed by atoms with Gasteiger partial charge in [0.25, 0.3) is 0 Å². The Bertz CT molecular complexity index is 1520. The van der Waals surface area contributed by atoms with E-state index in [2.05, 4.69) is 60.5 Å². The number of benzene rings is 1. The second kappa shape index (κ2) is 14.0. The molecule has 0 radical (unpaired) electrons. The summed E-state index contributed by atoms with van der Waals surface area (Å²) >= 11 is 5.18. The highest BCUT2D eigenvalue weighted by molar-refractivity contribution is 8.00. The van der Waals surface area contributed by atoms with Gasteiger partial charge in [-0.3, -0.25) is 4.79 Å². The third kappa shape index (κ3) is 7.45. The number of urea groups is 1. The summed E-state index contributed by atoms with van der Waals surface area (Å²) in [5.74, 6) is 1.82. The van der Waals surface area contributed by atoms with Crippen LogP contribution < -0.4 is 26.6 Å². The van der Waals surface area contributed by atoms with Gasteiger partial charge in [0.15, 0.2) is 11.0 Å². The number of nitrogens with one attached hydrogen (secondary N) is 5. The number of tetrazole rings is 1. The zero-order valence-corrected chi connectivity index (χ0v) is 26.4. The number of fused-ring (bicyclic) bond motifs is 2. The van der Waals surface area contributed by atoms with Crippen molar-refractivity contribution in [3.05, 3.63) is 46.4 Å². The molecule has 6 rings (SSSR count). The summed E-state index contributed by atoms with van der Waals surface area (Å²) in [4.78, 5) is 30.1. The maximum Gasteiger partial charge on any atom is 0.315 e. The number of hydrogen-bond donors (Lipinski definition) is 5. The number of hydrogen-bond acceptors (Lipinski definition) is 11. The van der Waals surface area contributed by atoms with Gasteiger partial charge in [-0.25, -0.2) is 14.5 Å². The van der Waals surface area contributed by atoms with Crippen molar-refractivity contribution >= 4 is 67.4 Å². The van der Waals surface area contributed by atoms with Crippen LogP contribution in [0.25, 0.3) is 10.2 Å². The van der Waals surface area contributed by atoms with E-state index in [-0.39, 0.29) is 30.1 Å². The monoisotopic (exact) mass is 640 g/mol. The lowest BCUT2D eigenvalue weighted by Gasteiger charge is -2.16. The van der Waals surface area contributed by atoms with Gasteiger partial charge in [-0.2, -0.15) is 11.8 Å². The van der Waals surface area contributed by atoms with Crippen LogP contribution in [0.5, 0.6) is 0 Å². The third-order valence-corrected chi connectivity index (χ3v) is 11.1. The first kappa shape index (κ1) is 29.8. The van der Waals surface area contributed by atoms with E-state index in [0.717, 1.165) is 64.8 Å². The van der Waals surface area contributed by atoms with E-state index in [4.69, 9.17) is 4.98 Å². The molecule has 228 valence electrons. The fraction of sp³-hybridized carbons (Fsp3) is 0.500. The van der Waals surface area contributed by atoms with Crippen molar-refractivity contribution in [1.29, 1.82) is 0 Å². The Kier molecular flexibility index (Phi) is 9.71. The van der Waals surface area contributed by atoms with Gasteiger partial charge in [-0.1, -0.05) is 30.7 Å². The van der Waals surface area contributed by atoms with E-state index < -0.39 is 0 Å². The van der Waals surface area contributed by atoms with Crippen molar-refractivity contribution in [3.8, 4) is 0 Å². The molecule has 4 aromatic rings. The largest absolute Gasteiger partial charge is 0.360 e. The average Bonchev–Trinajstić information content (AvgIpc) is 3.82. The zero-order chi connectivity index (χ0) is 29.6. The second-order valence-corrected chi connectivity index (χ2v) is 14.1. The maximum absolute atomic E-state index is 12.6. The quantitative estimate of drug-likeness (QED) is 0.0951. The van der Waals surface area contributed by atoms with Crippen molar-refractivity contribution < 1.29 is 9.59 Å². The minimum absolute atomic E-state index is 0.0213. The Balaban J connectivity index is 0.924. The fourth-order valence-electron chi connectivity index (χ4n) is 5.53. The Morgan fingerprint density at radius 2 is 2.14 bits per heavy atom. The minimum Gasteiger partial charge on any atom is -0.360 e. The smallest absolute Gasteiger partial charge is 0.315 e. The number of thioether (sulfide) groups is 1. The average molecular weight is 641 g/mol. The van der Waals surface area contributed by atoms with Crippen LogP contribution in [0, 0.1) is 0 Å². The summed E-state index contributed by atoms with van der Waals surface area (Å²) in [6.07, 6.45) is 4.16. The molecule has 0 aliphatic carbocycles. The number of amides is 3. The van der Waals surface area contributed by atoms with E-state index in [1.165, 1.54) is 4.88 Å². The fourth-order valence-corrected chi connectivity index (χ4v) is 8.69. The van der Waals surface area contributed by atoms with Gasteiger partial charge in [0.2, 0.25) is 5.91 Å². The van der Waals surface area contributed by atoms with Gasteiger partial charge in [0, 0.05) is 41.1 Å². The van der Waals surface area contributed by atoms with Gasteiger partial charge in [-0.15, -0.1) is 16.4 Å². The summed E-state index contributed by atoms with van der Waals surface area (Å²) in [7, 11) is 0. The van der Waals surface area contributed by atoms with Crippen molar-refractivity contribution in [2.75, 3.05) is 29.5 Å². The lowest BCUT2D eigenvalue weighted by molar-refractivity contribution is -0.116. The van der Waals surface area contributed by atoms with E-state index in [9.17, 15) is 9.59 Å². The Hall–Kier alpha value is -3.27. The number of nitrogens with zero attached hydrogens (tertiary/aromatic N) is 5. The molecule has 2 saturated heterocycles. The Morgan fingerprint density at radius 3 is 3.00 bits per heavy atom. The molecule has 1 aromatic carbocycles. The predicted octanol–water partition coefficient (Wildman–Crippen LogP) is 4.21. The van der Waals surface area contributed by atoms with E-state index in [1.54, 1.807) is 22.7 Å². The molecular formula is C28H36N10O2S3. The van der Waals surface area contributed by atoms with Crippen LogP contribution in [-0.2, 0) is 11.3 Å². The molecule has 0 bridgehead atoms. The van der Waals surface area contributed by atoms with Crippen molar-refractivity contribution in [1.82, 2.24) is 41.1 Å². The van der Waals surface area contributed by atoms with Crippen LogP contribution in [-0.4, -0.2) is 73.3 Å². The Morgan fingerprint density at radius 1 is 1.21 bits per heavy atom. The topological polar surface area (TPSA) is 151 Å². The van der Waals surface area contributed by atoms with E-state index in [0.29, 0.717) is 24.8 Å². The molecule has 3 aromatic heterocycles. The molecule has 2 fully saturated rings. The number of unbranched alkanes of at least 4 members (excludes halogenated alkanes) is 1. The number of carbonyl (C=O) groups excluding carboxylic acids is 2. The first-order chi connectivity index (χ1) is 21.1. The molecule has 1 unspecified atom stereocenters. The molecule has 0 spiro atoms. The summed E-state index contributed by atoms with van der Waals surface area (Å²) in [6, 6.07) is 10.4. The molecule has 4 atom stereocenters. The molecular weight excluding hydrogens is 605 g/mol. The summed E-state index contributed by atoms with van der Waals surface area (Å²) in [6.45, 7) is 4.23. The molecule has 5 heterocycles. The third-order valence-electron chi connectivity index (χ3n) is 7.71. The summed E-state index contributed by atoms with van der Waals surface area (Å²) in [5.41, 5.74) is 1.69. The molecule has 3 amide bonds. The van der Waals surface area contributed by atoms with Gasteiger partial charge in [0.05, 0.1) is 34.9 Å². The van der Waals surface area contributed by atoms with Crippen LogP contribution in [0.2, 0.25) is 0 Å². The highest BCUT2D eigenvalue weighted by Crippen LogP contribution is 2.33. The Labute approximate surface area is 262 Å². The van der Waals surface area contributed by atoms with Crippen molar-refractivity contribution in [3.63, 3.8) is 0 Å². The standard InChI is InChI=1S/C28H36N10O2S3/c1-2-19(26-35-36-37-38(26)15-18-6-5-13-41-18)29-11-12-30-28-33-20-10-9-17(14-23(20)43-28)31-24(39)8-4-3-7-22-25-21(16-42-22)32-27(40)34-25/h5-6,9-10,13-14,19,21-22,25,29H,2-4,7-8,11-12,15-16H2,1H3,(H,30,33)(H,31,39)(H2,32,34,40)/t19?,21-,22-,25-/m0/s1. The van der Waals surface area contributed by atoms with Crippen molar-refractivity contribution in [2.24, 2.45) is 0 Å². The first-order valence-corrected chi connectivity index (χ1v) is 17.4. The second-order valence-electron chi connectivity index (χ2n) is 10.7. The molecule has 2 aliphatic heterocycles. The summed E-state index contributed by atoms with van der Waals surface area (Å²) < 4.78 is 2.89.